The van der Waals surface area contributed by atoms with Crippen molar-refractivity contribution in [2.45, 2.75) is 155 Å². The van der Waals surface area contributed by atoms with Crippen molar-refractivity contribution in [2.24, 2.45) is 29.6 Å². The number of carbonyl (C=O) groups is 1. The Kier molecular flexibility index (Phi) is 12.0. The van der Waals surface area contributed by atoms with E-state index < -0.39 is 0 Å². The molecule has 0 heterocycles. The molecule has 3 rings (SSSR count). The molecule has 0 bridgehead atoms. The van der Waals surface area contributed by atoms with Gasteiger partial charge >= 0.3 is 5.97 Å². The number of fused-ring (bicyclic) bond motifs is 3. The third-order valence-electron chi connectivity index (χ3n) is 9.35. The van der Waals surface area contributed by atoms with Gasteiger partial charge in [0, 0.05) is 6.42 Å². The van der Waals surface area contributed by atoms with Gasteiger partial charge in [-0.05, 0) is 81.0 Å². The molecule has 0 amide bonds. The molecule has 2 nitrogen and oxygen atoms in total. The Bertz CT molecular complexity index is 515. The molecule has 32 heavy (non-hydrogen) atoms. The van der Waals surface area contributed by atoms with Gasteiger partial charge in [0.05, 0.1) is 0 Å². The molecule has 186 valence electrons. The maximum Gasteiger partial charge on any atom is 0.306 e. The zero-order valence-electron chi connectivity index (χ0n) is 21.6. The van der Waals surface area contributed by atoms with Gasteiger partial charge in [0.2, 0.25) is 0 Å². The Hall–Kier alpha value is -0.530. The summed E-state index contributed by atoms with van der Waals surface area (Å²) >= 11 is 0. The first-order valence-electron chi connectivity index (χ1n) is 14.9. The number of ether oxygens (including phenoxy) is 1. The van der Waals surface area contributed by atoms with Crippen molar-refractivity contribution in [1.29, 1.82) is 0 Å². The zero-order chi connectivity index (χ0) is 22.6. The summed E-state index contributed by atoms with van der Waals surface area (Å²) in [6.45, 7) is 4.58. The van der Waals surface area contributed by atoms with E-state index in [2.05, 4.69) is 13.8 Å². The largest absolute Gasteiger partial charge is 0.462 e. The van der Waals surface area contributed by atoms with Crippen molar-refractivity contribution in [3.05, 3.63) is 0 Å². The first-order chi connectivity index (χ1) is 15.7. The van der Waals surface area contributed by atoms with E-state index in [0.717, 1.165) is 48.9 Å². The van der Waals surface area contributed by atoms with E-state index in [-0.39, 0.29) is 12.1 Å². The van der Waals surface area contributed by atoms with E-state index in [1.54, 1.807) is 0 Å². The van der Waals surface area contributed by atoms with Crippen LogP contribution in [0.4, 0.5) is 0 Å². The van der Waals surface area contributed by atoms with Gasteiger partial charge in [-0.15, -0.1) is 0 Å². The summed E-state index contributed by atoms with van der Waals surface area (Å²) in [7, 11) is 0. The van der Waals surface area contributed by atoms with Gasteiger partial charge in [0.1, 0.15) is 6.10 Å². The van der Waals surface area contributed by atoms with Crippen LogP contribution in [-0.2, 0) is 9.53 Å². The Balaban J connectivity index is 1.31. The summed E-state index contributed by atoms with van der Waals surface area (Å²) in [4.78, 5) is 12.4. The van der Waals surface area contributed by atoms with Crippen LogP contribution in [0.15, 0.2) is 0 Å². The summed E-state index contributed by atoms with van der Waals surface area (Å²) in [5.74, 6) is 4.88. The second-order valence-electron chi connectivity index (χ2n) is 11.7. The highest BCUT2D eigenvalue weighted by Crippen LogP contribution is 2.53. The molecule has 0 aromatic heterocycles. The van der Waals surface area contributed by atoms with Crippen LogP contribution in [0.2, 0.25) is 0 Å². The normalized spacial score (nSPS) is 32.2. The smallest absolute Gasteiger partial charge is 0.306 e. The molecule has 3 aliphatic carbocycles. The molecule has 0 aliphatic heterocycles. The van der Waals surface area contributed by atoms with Crippen LogP contribution < -0.4 is 0 Å². The van der Waals surface area contributed by atoms with Gasteiger partial charge in [-0.2, -0.15) is 0 Å². The predicted molar refractivity (Wildman–Crippen MR) is 136 cm³/mol. The van der Waals surface area contributed by atoms with Crippen molar-refractivity contribution >= 4 is 5.97 Å². The Morgan fingerprint density at radius 2 is 1.25 bits per heavy atom. The van der Waals surface area contributed by atoms with Crippen molar-refractivity contribution in [1.82, 2.24) is 0 Å². The summed E-state index contributed by atoms with van der Waals surface area (Å²) in [5, 5.41) is 0. The Labute approximate surface area is 200 Å². The highest BCUT2D eigenvalue weighted by molar-refractivity contribution is 5.69. The van der Waals surface area contributed by atoms with Crippen LogP contribution >= 0.6 is 0 Å². The van der Waals surface area contributed by atoms with Crippen molar-refractivity contribution in [3.63, 3.8) is 0 Å². The highest BCUT2D eigenvalue weighted by atomic mass is 16.5. The molecule has 0 spiro atoms. The molecule has 0 aromatic rings. The van der Waals surface area contributed by atoms with Crippen molar-refractivity contribution in [2.75, 3.05) is 0 Å². The van der Waals surface area contributed by atoms with Gasteiger partial charge in [0.25, 0.3) is 0 Å². The molecule has 0 saturated heterocycles. The molecular weight excluding hydrogens is 392 g/mol. The Morgan fingerprint density at radius 3 is 1.97 bits per heavy atom. The fourth-order valence-electron chi connectivity index (χ4n) is 7.55. The fourth-order valence-corrected chi connectivity index (χ4v) is 7.55. The third-order valence-corrected chi connectivity index (χ3v) is 9.35. The molecule has 3 saturated carbocycles. The molecular formula is C30H54O2. The van der Waals surface area contributed by atoms with Crippen LogP contribution in [0.25, 0.3) is 0 Å². The second kappa shape index (κ2) is 14.7. The molecule has 2 heteroatoms. The predicted octanol–water partition coefficient (Wildman–Crippen LogP) is 9.25. The van der Waals surface area contributed by atoms with Crippen molar-refractivity contribution in [3.8, 4) is 0 Å². The molecule has 0 radical (unpaired) electrons. The first-order valence-corrected chi connectivity index (χ1v) is 14.9. The molecule has 0 N–H and O–H groups in total. The summed E-state index contributed by atoms with van der Waals surface area (Å²) < 4.78 is 5.96. The Morgan fingerprint density at radius 1 is 0.656 bits per heavy atom. The van der Waals surface area contributed by atoms with Crippen LogP contribution in [0, 0.1) is 29.6 Å². The lowest BCUT2D eigenvalue weighted by molar-refractivity contribution is -0.153. The maximum absolute atomic E-state index is 12.4. The number of unbranched alkanes of at least 4 members (excludes halogenated alkanes) is 9. The van der Waals surface area contributed by atoms with Crippen LogP contribution in [-0.4, -0.2) is 12.1 Å². The lowest BCUT2D eigenvalue weighted by Gasteiger charge is -2.50. The molecule has 4 unspecified atom stereocenters. The van der Waals surface area contributed by atoms with Crippen LogP contribution in [0.5, 0.6) is 0 Å². The number of rotatable bonds is 14. The highest BCUT2D eigenvalue weighted by Gasteiger charge is 2.44. The summed E-state index contributed by atoms with van der Waals surface area (Å²) in [6.07, 6.45) is 27.9. The van der Waals surface area contributed by atoms with Crippen LogP contribution in [0.3, 0.4) is 0 Å². The summed E-state index contributed by atoms with van der Waals surface area (Å²) in [5.41, 5.74) is 0. The first kappa shape index (κ1) is 26.1. The molecule has 0 aromatic carbocycles. The monoisotopic (exact) mass is 446 g/mol. The maximum atomic E-state index is 12.4. The van der Waals surface area contributed by atoms with E-state index in [9.17, 15) is 4.79 Å². The molecule has 3 aliphatic rings. The average molecular weight is 447 g/mol. The molecule has 6 atom stereocenters. The SMILES string of the molecule is CCCCCCCCCC(=O)O[C@H]1CCC2C(CCC3C[C@@H](CCCCCC)CCC32)C1. The topological polar surface area (TPSA) is 26.3 Å². The lowest BCUT2D eigenvalue weighted by atomic mass is 9.56. The zero-order valence-corrected chi connectivity index (χ0v) is 21.6. The van der Waals surface area contributed by atoms with Gasteiger partial charge < -0.3 is 4.74 Å². The minimum Gasteiger partial charge on any atom is -0.462 e. The fraction of sp³-hybridized carbons (Fsp3) is 0.967. The number of hydrogen-bond acceptors (Lipinski definition) is 2. The van der Waals surface area contributed by atoms with Gasteiger partial charge in [-0.1, -0.05) is 90.9 Å². The standard InChI is InChI=1S/C30H54O2/c1-3-5-7-9-10-11-13-15-30(31)32-27-19-21-29-26(23-27)18-17-25-22-24(16-20-28(25)29)14-12-8-6-4-2/h24-29H,3-23H2,1-2H3/t24-,25?,26?,27-,28?,29?/m0/s1. The lowest BCUT2D eigenvalue weighted by Crippen LogP contribution is -2.43. The minimum absolute atomic E-state index is 0.0827. The number of carbonyl (C=O) groups excluding carboxylic acids is 1. The van der Waals surface area contributed by atoms with Gasteiger partial charge in [0.15, 0.2) is 0 Å². The van der Waals surface area contributed by atoms with Crippen molar-refractivity contribution < 1.29 is 9.53 Å². The molecule has 3 fully saturated rings. The summed E-state index contributed by atoms with van der Waals surface area (Å²) in [6, 6.07) is 0. The van der Waals surface area contributed by atoms with Crippen LogP contribution in [0.1, 0.15) is 149 Å². The van der Waals surface area contributed by atoms with E-state index in [4.69, 9.17) is 4.74 Å². The van der Waals surface area contributed by atoms with Gasteiger partial charge in [-0.25, -0.2) is 0 Å². The van der Waals surface area contributed by atoms with E-state index in [1.165, 1.54) is 109 Å². The van der Waals surface area contributed by atoms with E-state index in [1.807, 2.05) is 0 Å². The minimum atomic E-state index is 0.0827. The number of esters is 1. The van der Waals surface area contributed by atoms with E-state index in [0.29, 0.717) is 6.42 Å². The van der Waals surface area contributed by atoms with Gasteiger partial charge in [-0.3, -0.25) is 4.79 Å². The third kappa shape index (κ3) is 8.35. The second-order valence-corrected chi connectivity index (χ2v) is 11.7. The average Bonchev–Trinajstić information content (AvgIpc) is 2.81. The van der Waals surface area contributed by atoms with E-state index >= 15 is 0 Å². The number of hydrogen-bond donors (Lipinski definition) is 0. The quantitative estimate of drug-likeness (QED) is 0.196.